The normalized spacial score (nSPS) is 14.9. The summed E-state index contributed by atoms with van der Waals surface area (Å²) >= 11 is 0. The van der Waals surface area contributed by atoms with Crippen molar-refractivity contribution in [1.29, 1.82) is 0 Å². The third-order valence-corrected chi connectivity index (χ3v) is 4.44. The monoisotopic (exact) mass is 286 g/mol. The summed E-state index contributed by atoms with van der Waals surface area (Å²) in [6.45, 7) is 3.72. The van der Waals surface area contributed by atoms with Crippen LogP contribution in [0.15, 0.2) is 23.1 Å². The highest BCUT2D eigenvalue weighted by atomic mass is 32.2. The van der Waals surface area contributed by atoms with Gasteiger partial charge < -0.3 is 5.32 Å². The first-order valence-electron chi connectivity index (χ1n) is 5.84. The van der Waals surface area contributed by atoms with E-state index in [2.05, 4.69) is 5.32 Å². The molecule has 6 nitrogen and oxygen atoms in total. The van der Waals surface area contributed by atoms with Crippen LogP contribution in [-0.4, -0.2) is 32.7 Å². The molecule has 0 saturated heterocycles. The first-order valence-corrected chi connectivity index (χ1v) is 7.74. The number of nitro groups is 1. The Morgan fingerprint density at radius 3 is 2.32 bits per heavy atom. The van der Waals surface area contributed by atoms with Gasteiger partial charge in [-0.1, -0.05) is 19.1 Å². The van der Waals surface area contributed by atoms with Gasteiger partial charge in [0.25, 0.3) is 5.69 Å². The van der Waals surface area contributed by atoms with Crippen LogP contribution < -0.4 is 5.32 Å². The first-order chi connectivity index (χ1) is 8.70. The molecule has 0 radical (unpaired) electrons. The van der Waals surface area contributed by atoms with Crippen LogP contribution in [0.3, 0.4) is 0 Å². The SMILES string of the molecule is CNC(C)C(C)c1cccc(S(C)(=O)=O)c1[N+](=O)[O-]. The zero-order valence-corrected chi connectivity index (χ0v) is 12.2. The number of nitro benzene ring substituents is 1. The number of hydrogen-bond donors (Lipinski definition) is 1. The van der Waals surface area contributed by atoms with Crippen LogP contribution in [0.25, 0.3) is 0 Å². The van der Waals surface area contributed by atoms with Gasteiger partial charge in [0.15, 0.2) is 9.84 Å². The van der Waals surface area contributed by atoms with Crippen molar-refractivity contribution in [2.75, 3.05) is 13.3 Å². The Labute approximate surface area is 112 Å². The number of sulfone groups is 1. The number of likely N-dealkylation sites (N-methyl/N-ethyl adjacent to an activating group) is 1. The molecule has 0 heterocycles. The Morgan fingerprint density at radius 1 is 1.32 bits per heavy atom. The second kappa shape index (κ2) is 5.66. The Bertz CT molecular complexity index is 583. The van der Waals surface area contributed by atoms with E-state index in [4.69, 9.17) is 0 Å². The van der Waals surface area contributed by atoms with Crippen LogP contribution in [0.4, 0.5) is 5.69 Å². The zero-order chi connectivity index (χ0) is 14.8. The van der Waals surface area contributed by atoms with Crippen molar-refractivity contribution in [3.63, 3.8) is 0 Å². The molecule has 0 aliphatic carbocycles. The average molecular weight is 286 g/mol. The van der Waals surface area contributed by atoms with Gasteiger partial charge in [0.05, 0.1) is 4.92 Å². The predicted octanol–water partition coefficient (Wildman–Crippen LogP) is 1.71. The van der Waals surface area contributed by atoms with E-state index >= 15 is 0 Å². The van der Waals surface area contributed by atoms with Crippen LogP contribution in [0.5, 0.6) is 0 Å². The lowest BCUT2D eigenvalue weighted by atomic mass is 9.93. The van der Waals surface area contributed by atoms with E-state index in [0.29, 0.717) is 5.56 Å². The van der Waals surface area contributed by atoms with Gasteiger partial charge in [-0.25, -0.2) is 8.42 Å². The second-order valence-corrected chi connectivity index (χ2v) is 6.57. The first kappa shape index (κ1) is 15.6. The molecule has 2 unspecified atom stereocenters. The molecule has 2 atom stereocenters. The van der Waals surface area contributed by atoms with Crippen molar-refractivity contribution in [2.24, 2.45) is 0 Å². The third-order valence-electron chi connectivity index (χ3n) is 3.31. The van der Waals surface area contributed by atoms with Crippen LogP contribution in [-0.2, 0) is 9.84 Å². The summed E-state index contributed by atoms with van der Waals surface area (Å²) in [6.07, 6.45) is 0.977. The number of nitrogens with zero attached hydrogens (tertiary/aromatic N) is 1. The molecule has 1 N–H and O–H groups in total. The van der Waals surface area contributed by atoms with Crippen molar-refractivity contribution in [3.05, 3.63) is 33.9 Å². The number of benzene rings is 1. The number of nitrogens with one attached hydrogen (secondary N) is 1. The molecule has 0 aliphatic rings. The lowest BCUT2D eigenvalue weighted by Crippen LogP contribution is -2.27. The van der Waals surface area contributed by atoms with Gasteiger partial charge in [-0.3, -0.25) is 10.1 Å². The molecular formula is C12H18N2O4S. The fourth-order valence-electron chi connectivity index (χ4n) is 1.92. The summed E-state index contributed by atoms with van der Waals surface area (Å²) < 4.78 is 23.3. The maximum Gasteiger partial charge on any atom is 0.291 e. The predicted molar refractivity (Wildman–Crippen MR) is 73.1 cm³/mol. The number of para-hydroxylation sites is 1. The molecule has 0 spiro atoms. The van der Waals surface area contributed by atoms with Gasteiger partial charge in [-0.15, -0.1) is 0 Å². The van der Waals surface area contributed by atoms with Crippen LogP contribution in [0, 0.1) is 10.1 Å². The topological polar surface area (TPSA) is 89.3 Å². The van der Waals surface area contributed by atoms with Gasteiger partial charge in [0.2, 0.25) is 0 Å². The van der Waals surface area contributed by atoms with Crippen molar-refractivity contribution in [1.82, 2.24) is 5.32 Å². The summed E-state index contributed by atoms with van der Waals surface area (Å²) in [6, 6.07) is 4.41. The van der Waals surface area contributed by atoms with Crippen molar-refractivity contribution in [3.8, 4) is 0 Å². The maximum absolute atomic E-state index is 11.7. The van der Waals surface area contributed by atoms with Crippen LogP contribution >= 0.6 is 0 Å². The molecule has 1 aromatic carbocycles. The van der Waals surface area contributed by atoms with E-state index in [1.165, 1.54) is 12.1 Å². The van der Waals surface area contributed by atoms with Crippen LogP contribution in [0.2, 0.25) is 0 Å². The molecule has 1 aromatic rings. The standard InChI is InChI=1S/C12H18N2O4S/c1-8(9(2)13-3)10-6-5-7-11(19(4,17)18)12(10)14(15)16/h5-9,13H,1-4H3. The molecule has 1 rings (SSSR count). The molecular weight excluding hydrogens is 268 g/mol. The van der Waals surface area contributed by atoms with E-state index < -0.39 is 14.8 Å². The molecule has 0 fully saturated rings. The quantitative estimate of drug-likeness (QED) is 0.657. The number of hydrogen-bond acceptors (Lipinski definition) is 5. The van der Waals surface area contributed by atoms with E-state index in [0.717, 1.165) is 6.26 Å². The lowest BCUT2D eigenvalue weighted by Gasteiger charge is -2.20. The molecule has 0 bridgehead atoms. The lowest BCUT2D eigenvalue weighted by molar-refractivity contribution is -0.388. The third kappa shape index (κ3) is 3.30. The summed E-state index contributed by atoms with van der Waals surface area (Å²) in [5.41, 5.74) is 0.106. The average Bonchev–Trinajstić information content (AvgIpc) is 2.34. The zero-order valence-electron chi connectivity index (χ0n) is 11.4. The fraction of sp³-hybridized carbons (Fsp3) is 0.500. The highest BCUT2D eigenvalue weighted by Gasteiger charge is 2.29. The fourth-order valence-corrected chi connectivity index (χ4v) is 2.79. The minimum absolute atomic E-state index is 0.00601. The molecule has 19 heavy (non-hydrogen) atoms. The largest absolute Gasteiger partial charge is 0.317 e. The highest BCUT2D eigenvalue weighted by Crippen LogP contribution is 2.34. The minimum atomic E-state index is -3.63. The Morgan fingerprint density at radius 2 is 1.89 bits per heavy atom. The summed E-state index contributed by atoms with van der Waals surface area (Å²) in [5, 5.41) is 14.2. The van der Waals surface area contributed by atoms with Gasteiger partial charge in [-0.05, 0) is 20.0 Å². The molecule has 0 amide bonds. The van der Waals surface area contributed by atoms with Gasteiger partial charge >= 0.3 is 0 Å². The molecule has 106 valence electrons. The maximum atomic E-state index is 11.7. The Kier molecular flexibility index (Phi) is 4.65. The van der Waals surface area contributed by atoms with E-state index in [1.54, 1.807) is 13.1 Å². The van der Waals surface area contributed by atoms with E-state index in [1.807, 2.05) is 13.8 Å². The highest BCUT2D eigenvalue weighted by molar-refractivity contribution is 7.90. The second-order valence-electron chi connectivity index (χ2n) is 4.59. The van der Waals surface area contributed by atoms with Gasteiger partial charge in [0, 0.05) is 23.8 Å². The summed E-state index contributed by atoms with van der Waals surface area (Å²) in [5.74, 6) is -0.174. The van der Waals surface area contributed by atoms with Gasteiger partial charge in [0.1, 0.15) is 4.90 Å². The van der Waals surface area contributed by atoms with Gasteiger partial charge in [-0.2, -0.15) is 0 Å². The van der Waals surface area contributed by atoms with Crippen molar-refractivity contribution < 1.29 is 13.3 Å². The Balaban J connectivity index is 3.54. The van der Waals surface area contributed by atoms with Crippen molar-refractivity contribution >= 4 is 15.5 Å². The molecule has 0 saturated carbocycles. The van der Waals surface area contributed by atoms with E-state index in [9.17, 15) is 18.5 Å². The number of rotatable bonds is 5. The summed E-state index contributed by atoms with van der Waals surface area (Å²) in [4.78, 5) is 10.4. The Hall–Kier alpha value is -1.47. The molecule has 0 aliphatic heterocycles. The molecule has 7 heteroatoms. The summed E-state index contributed by atoms with van der Waals surface area (Å²) in [7, 11) is -1.87. The minimum Gasteiger partial charge on any atom is -0.317 e. The van der Waals surface area contributed by atoms with E-state index in [-0.39, 0.29) is 22.5 Å². The molecule has 0 aromatic heterocycles. The van der Waals surface area contributed by atoms with Crippen LogP contribution in [0.1, 0.15) is 25.3 Å². The smallest absolute Gasteiger partial charge is 0.291 e. The van der Waals surface area contributed by atoms with Crippen molar-refractivity contribution in [2.45, 2.75) is 30.7 Å².